The number of nitrogens with zero attached hydrogens (tertiary/aromatic N) is 3. The molecule has 10 heteroatoms. The molecule has 0 bridgehead atoms. The predicted molar refractivity (Wildman–Crippen MR) is 137 cm³/mol. The number of amides is 3. The van der Waals surface area contributed by atoms with Crippen LogP contribution in [0.1, 0.15) is 46.5 Å². The number of aryl methyl sites for hydroxylation is 1. The van der Waals surface area contributed by atoms with E-state index >= 15 is 0 Å². The molecule has 0 aliphatic carbocycles. The summed E-state index contributed by atoms with van der Waals surface area (Å²) in [7, 11) is 3.42. The number of fused-ring (bicyclic) bond motifs is 1. The van der Waals surface area contributed by atoms with Crippen molar-refractivity contribution in [3.63, 3.8) is 0 Å². The molecule has 0 spiro atoms. The predicted octanol–water partition coefficient (Wildman–Crippen LogP) is 3.49. The van der Waals surface area contributed by atoms with Crippen molar-refractivity contribution in [2.45, 2.75) is 44.7 Å². The third-order valence-electron chi connectivity index (χ3n) is 6.36. The molecule has 1 N–H and O–H groups in total. The average molecular weight is 519 g/mol. The summed E-state index contributed by atoms with van der Waals surface area (Å²) < 4.78 is 0. The van der Waals surface area contributed by atoms with Gasteiger partial charge in [0.05, 0.1) is 5.69 Å². The van der Waals surface area contributed by atoms with Gasteiger partial charge in [-0.05, 0) is 61.2 Å². The molecule has 1 aromatic heterocycles. The van der Waals surface area contributed by atoms with E-state index in [1.54, 1.807) is 48.7 Å². The Kier molecular flexibility index (Phi) is 8.43. The maximum absolute atomic E-state index is 13.2. The van der Waals surface area contributed by atoms with Crippen molar-refractivity contribution < 1.29 is 19.2 Å². The zero-order chi connectivity index (χ0) is 24.9. The van der Waals surface area contributed by atoms with Crippen molar-refractivity contribution in [1.82, 2.24) is 15.3 Å². The quantitative estimate of drug-likeness (QED) is 0.607. The molecule has 2 aliphatic heterocycles. The minimum Gasteiger partial charge on any atom is -0.350 e. The number of hydrogen-bond donors (Lipinski definition) is 1. The first-order valence-corrected chi connectivity index (χ1v) is 13.1. The van der Waals surface area contributed by atoms with Crippen LogP contribution in [0.5, 0.6) is 0 Å². The van der Waals surface area contributed by atoms with Crippen molar-refractivity contribution in [2.24, 2.45) is 0 Å². The molecule has 35 heavy (non-hydrogen) atoms. The Morgan fingerprint density at radius 1 is 1.17 bits per heavy atom. The molecular weight excluding hydrogens is 488 g/mol. The number of halogens is 1. The SMILES string of the molecule is CN(C)C(=O)[C@@H]1CCCN1OCC(=O)NCc1ccc(C(=O)N2CCCCc3sccc32)cc1Cl. The van der Waals surface area contributed by atoms with Gasteiger partial charge in [0.2, 0.25) is 11.8 Å². The van der Waals surface area contributed by atoms with Crippen LogP contribution in [-0.2, 0) is 27.4 Å². The number of benzene rings is 1. The summed E-state index contributed by atoms with van der Waals surface area (Å²) in [6, 6.07) is 6.85. The highest BCUT2D eigenvalue weighted by molar-refractivity contribution is 7.10. The summed E-state index contributed by atoms with van der Waals surface area (Å²) in [5, 5.41) is 6.85. The van der Waals surface area contributed by atoms with Gasteiger partial charge < -0.3 is 15.1 Å². The highest BCUT2D eigenvalue weighted by Crippen LogP contribution is 2.32. The second kappa shape index (κ2) is 11.5. The van der Waals surface area contributed by atoms with Crippen LogP contribution < -0.4 is 10.2 Å². The Morgan fingerprint density at radius 3 is 2.77 bits per heavy atom. The van der Waals surface area contributed by atoms with Crippen molar-refractivity contribution in [3.05, 3.63) is 50.7 Å². The second-order valence-corrected chi connectivity index (χ2v) is 10.4. The lowest BCUT2D eigenvalue weighted by atomic mass is 10.1. The zero-order valence-electron chi connectivity index (χ0n) is 20.1. The molecule has 0 saturated carbocycles. The minimum atomic E-state index is -0.355. The van der Waals surface area contributed by atoms with Crippen LogP contribution in [0.3, 0.4) is 0 Å². The molecule has 3 amide bonds. The number of hydroxylamine groups is 2. The maximum Gasteiger partial charge on any atom is 0.258 e. The van der Waals surface area contributed by atoms with Crippen molar-refractivity contribution in [3.8, 4) is 0 Å². The fraction of sp³-hybridized carbons (Fsp3) is 0.480. The van der Waals surface area contributed by atoms with E-state index in [0.717, 1.165) is 31.4 Å². The van der Waals surface area contributed by atoms with E-state index in [0.29, 0.717) is 35.7 Å². The lowest BCUT2D eigenvalue weighted by molar-refractivity contribution is -0.185. The van der Waals surface area contributed by atoms with Crippen molar-refractivity contribution >= 4 is 46.3 Å². The van der Waals surface area contributed by atoms with Gasteiger partial charge in [-0.25, -0.2) is 0 Å². The molecule has 2 aromatic rings. The number of thiophene rings is 1. The molecule has 1 saturated heterocycles. The zero-order valence-corrected chi connectivity index (χ0v) is 21.7. The topological polar surface area (TPSA) is 82.2 Å². The van der Waals surface area contributed by atoms with Crippen LogP contribution >= 0.6 is 22.9 Å². The van der Waals surface area contributed by atoms with Crippen LogP contribution in [0.25, 0.3) is 0 Å². The Morgan fingerprint density at radius 2 is 2.00 bits per heavy atom. The van der Waals surface area contributed by atoms with Gasteiger partial charge in [-0.15, -0.1) is 11.3 Å². The summed E-state index contributed by atoms with van der Waals surface area (Å²) in [4.78, 5) is 48.0. The Labute approximate surface area is 214 Å². The number of nitrogens with one attached hydrogen (secondary N) is 1. The molecule has 4 rings (SSSR count). The first kappa shape index (κ1) is 25.6. The van der Waals surface area contributed by atoms with Crippen LogP contribution in [0.2, 0.25) is 5.02 Å². The number of likely N-dealkylation sites (N-methyl/N-ethyl adjacent to an activating group) is 1. The maximum atomic E-state index is 13.2. The highest BCUT2D eigenvalue weighted by atomic mass is 35.5. The van der Waals surface area contributed by atoms with Gasteiger partial charge in [0, 0.05) is 49.2 Å². The summed E-state index contributed by atoms with van der Waals surface area (Å²) in [5.41, 5.74) is 2.24. The van der Waals surface area contributed by atoms with Crippen LogP contribution in [-0.4, -0.2) is 67.5 Å². The van der Waals surface area contributed by atoms with Gasteiger partial charge in [0.25, 0.3) is 5.91 Å². The Hall–Kier alpha value is -2.46. The fourth-order valence-corrected chi connectivity index (χ4v) is 5.62. The normalized spacial score (nSPS) is 18.1. The summed E-state index contributed by atoms with van der Waals surface area (Å²) in [5.74, 6) is -0.400. The van der Waals surface area contributed by atoms with E-state index in [1.165, 1.54) is 9.78 Å². The molecule has 1 atom stereocenters. The summed E-state index contributed by atoms with van der Waals surface area (Å²) in [6.45, 7) is 1.34. The molecule has 188 valence electrons. The minimum absolute atomic E-state index is 0.0280. The fourth-order valence-electron chi connectivity index (χ4n) is 4.45. The lowest BCUT2D eigenvalue weighted by Crippen LogP contribution is -2.44. The van der Waals surface area contributed by atoms with Crippen LogP contribution in [0, 0.1) is 0 Å². The van der Waals surface area contributed by atoms with Gasteiger partial charge in [-0.1, -0.05) is 17.7 Å². The van der Waals surface area contributed by atoms with E-state index in [2.05, 4.69) is 5.32 Å². The van der Waals surface area contributed by atoms with Gasteiger partial charge in [-0.2, -0.15) is 5.06 Å². The third kappa shape index (κ3) is 6.03. The van der Waals surface area contributed by atoms with E-state index in [-0.39, 0.29) is 36.9 Å². The number of carbonyl (C=O) groups is 3. The molecule has 8 nitrogen and oxygen atoms in total. The standard InChI is InChI=1S/C25H31ClN4O4S/c1-28(2)25(33)21-6-5-12-30(21)34-16-23(31)27-15-18-9-8-17(14-19(18)26)24(32)29-11-4-3-7-22-20(29)10-13-35-22/h8-10,13-14,21H,3-7,11-12,15-16H2,1-2H3,(H,27,31)/t21-/m0/s1. The van der Waals surface area contributed by atoms with E-state index in [9.17, 15) is 14.4 Å². The molecule has 2 aliphatic rings. The largest absolute Gasteiger partial charge is 0.350 e. The molecular formula is C25H31ClN4O4S. The number of hydrogen-bond acceptors (Lipinski definition) is 6. The number of rotatable bonds is 7. The lowest BCUT2D eigenvalue weighted by Gasteiger charge is -2.25. The van der Waals surface area contributed by atoms with Crippen molar-refractivity contribution in [1.29, 1.82) is 0 Å². The first-order valence-electron chi connectivity index (χ1n) is 11.9. The van der Waals surface area contributed by atoms with Gasteiger partial charge in [-0.3, -0.25) is 19.2 Å². The van der Waals surface area contributed by atoms with Crippen molar-refractivity contribution in [2.75, 3.05) is 38.7 Å². The van der Waals surface area contributed by atoms with E-state index < -0.39 is 0 Å². The van der Waals surface area contributed by atoms with Gasteiger partial charge >= 0.3 is 0 Å². The first-order chi connectivity index (χ1) is 16.8. The smallest absolute Gasteiger partial charge is 0.258 e. The average Bonchev–Trinajstić information content (AvgIpc) is 3.46. The van der Waals surface area contributed by atoms with E-state index in [1.807, 2.05) is 16.3 Å². The Bertz CT molecular complexity index is 1090. The number of anilines is 1. The summed E-state index contributed by atoms with van der Waals surface area (Å²) in [6.07, 6.45) is 4.60. The molecule has 0 radical (unpaired) electrons. The molecule has 3 heterocycles. The van der Waals surface area contributed by atoms with Crippen LogP contribution in [0.4, 0.5) is 5.69 Å². The van der Waals surface area contributed by atoms with E-state index in [4.69, 9.17) is 16.4 Å². The van der Waals surface area contributed by atoms with Gasteiger partial charge in [0.1, 0.15) is 12.6 Å². The third-order valence-corrected chi connectivity index (χ3v) is 7.68. The monoisotopic (exact) mass is 518 g/mol. The van der Waals surface area contributed by atoms with Gasteiger partial charge in [0.15, 0.2) is 0 Å². The van der Waals surface area contributed by atoms with Crippen LogP contribution in [0.15, 0.2) is 29.6 Å². The summed E-state index contributed by atoms with van der Waals surface area (Å²) >= 11 is 8.16. The molecule has 1 fully saturated rings. The Balaban J connectivity index is 1.31. The second-order valence-electron chi connectivity index (χ2n) is 9.03. The molecule has 1 aromatic carbocycles. The highest BCUT2D eigenvalue weighted by Gasteiger charge is 2.33. The number of carbonyl (C=O) groups excluding carboxylic acids is 3. The molecule has 0 unspecified atom stereocenters.